The van der Waals surface area contributed by atoms with Crippen LogP contribution in [-0.4, -0.2) is 58.6 Å². The van der Waals surface area contributed by atoms with E-state index in [1.165, 1.54) is 30.6 Å². The van der Waals surface area contributed by atoms with Crippen molar-refractivity contribution in [2.45, 2.75) is 49.9 Å². The quantitative estimate of drug-likeness (QED) is 0.624. The van der Waals surface area contributed by atoms with Crippen LogP contribution in [0.4, 0.5) is 4.39 Å². The molecule has 0 spiro atoms. The van der Waals surface area contributed by atoms with E-state index in [0.717, 1.165) is 25.7 Å². The number of halogens is 2. The average Bonchev–Trinajstić information content (AvgIpc) is 3.40. The summed E-state index contributed by atoms with van der Waals surface area (Å²) in [5.74, 6) is -0.453. The van der Waals surface area contributed by atoms with E-state index in [4.69, 9.17) is 21.3 Å². The molecule has 10 heteroatoms. The number of carbonyl (C=O) groups is 1. The van der Waals surface area contributed by atoms with E-state index in [-0.39, 0.29) is 23.2 Å². The molecule has 0 radical (unpaired) electrons. The third-order valence-electron chi connectivity index (χ3n) is 6.62. The predicted molar refractivity (Wildman–Crippen MR) is 124 cm³/mol. The number of rotatable bonds is 5. The molecular weight excluding hydrogens is 467 g/mol. The molecule has 1 aromatic heterocycles. The maximum atomic E-state index is 13.8. The topological polar surface area (TPSA) is 87.0 Å². The summed E-state index contributed by atoms with van der Waals surface area (Å²) in [6.45, 7) is 0.478. The minimum absolute atomic E-state index is 0.186. The van der Waals surface area contributed by atoms with Crippen LogP contribution >= 0.6 is 22.9 Å². The molecule has 2 bridgehead atoms. The molecule has 4 atom stereocenters. The highest BCUT2D eigenvalue weighted by molar-refractivity contribution is 7.11. The molecule has 3 aliphatic rings. The van der Waals surface area contributed by atoms with Gasteiger partial charge in [0.15, 0.2) is 10.8 Å². The zero-order valence-corrected chi connectivity index (χ0v) is 19.6. The summed E-state index contributed by atoms with van der Waals surface area (Å²) in [5, 5.41) is 16.3. The number of aliphatic imine (C=N–C) groups is 1. The van der Waals surface area contributed by atoms with Crippen molar-refractivity contribution in [1.82, 2.24) is 15.2 Å². The van der Waals surface area contributed by atoms with Crippen LogP contribution in [0, 0.1) is 5.82 Å². The van der Waals surface area contributed by atoms with Gasteiger partial charge in [-0.2, -0.15) is 0 Å². The van der Waals surface area contributed by atoms with Gasteiger partial charge < -0.3 is 15.2 Å². The molecule has 0 saturated carbocycles. The number of aromatic nitrogens is 1. The summed E-state index contributed by atoms with van der Waals surface area (Å²) >= 11 is 7.83. The summed E-state index contributed by atoms with van der Waals surface area (Å²) in [6, 6.07) is 3.82. The molecule has 3 aliphatic heterocycles. The third-order valence-corrected chi connectivity index (χ3v) is 7.73. The van der Waals surface area contributed by atoms with E-state index < -0.39 is 17.8 Å². The molecule has 1 aromatic carbocycles. The molecule has 7 nitrogen and oxygen atoms in total. The van der Waals surface area contributed by atoms with Gasteiger partial charge in [0.25, 0.3) is 0 Å². The number of fused-ring (bicyclic) bond motifs is 2. The van der Waals surface area contributed by atoms with Crippen molar-refractivity contribution in [3.63, 3.8) is 0 Å². The molecule has 174 valence electrons. The van der Waals surface area contributed by atoms with Crippen molar-refractivity contribution in [2.24, 2.45) is 4.99 Å². The first-order valence-corrected chi connectivity index (χ1v) is 12.1. The Morgan fingerprint density at radius 3 is 2.76 bits per heavy atom. The van der Waals surface area contributed by atoms with Crippen molar-refractivity contribution in [1.29, 1.82) is 0 Å². The Kier molecular flexibility index (Phi) is 6.22. The lowest BCUT2D eigenvalue weighted by Gasteiger charge is -2.39. The Hall–Kier alpha value is -2.33. The van der Waals surface area contributed by atoms with Crippen LogP contribution < -0.4 is 5.32 Å². The maximum absolute atomic E-state index is 13.8. The number of nitrogens with zero attached hydrogens (tertiary/aromatic N) is 3. The van der Waals surface area contributed by atoms with Gasteiger partial charge in [0.05, 0.1) is 18.8 Å². The second-order valence-corrected chi connectivity index (χ2v) is 9.88. The molecule has 2 saturated heterocycles. The molecule has 33 heavy (non-hydrogen) atoms. The number of thiazole rings is 1. The van der Waals surface area contributed by atoms with Crippen LogP contribution in [-0.2, 0) is 9.53 Å². The first-order chi connectivity index (χ1) is 15.9. The number of ether oxygens (including phenoxy) is 1. The first kappa shape index (κ1) is 22.5. The minimum atomic E-state index is -0.770. The van der Waals surface area contributed by atoms with Gasteiger partial charge >= 0.3 is 5.97 Å². The number of piperidine rings is 1. The largest absolute Gasteiger partial charge is 0.466 e. The Labute approximate surface area is 199 Å². The number of carbonyl (C=O) groups excluding carboxylic acids is 1. The average molecular weight is 491 g/mol. The van der Waals surface area contributed by atoms with Crippen LogP contribution in [0.25, 0.3) is 0 Å². The monoisotopic (exact) mass is 490 g/mol. The lowest BCUT2D eigenvalue weighted by atomic mass is 9.94. The standard InChI is InChI=1S/C23H24ClFN4O3S/c1-32-23(31)19-18(11-29-13-3-4-14(29)10-15(30)9-13)27-21(22-26-6-7-33-22)28-20(19)16-5-2-12(25)8-17(16)24/h2,5-8,13-15,20,30H,3-4,9-11H2,1H3,(H,27,28)/t13-,14?,15?,20?/m0/s1. The Balaban J connectivity index is 1.60. The zero-order valence-electron chi connectivity index (χ0n) is 18.0. The third kappa shape index (κ3) is 4.30. The van der Waals surface area contributed by atoms with E-state index in [0.29, 0.717) is 34.2 Å². The molecule has 2 N–H and O–H groups in total. The summed E-state index contributed by atoms with van der Waals surface area (Å²) in [6.07, 6.45) is 4.88. The number of hydrogen-bond acceptors (Lipinski definition) is 8. The number of benzene rings is 1. The van der Waals surface area contributed by atoms with E-state index in [1.54, 1.807) is 12.3 Å². The fraction of sp³-hybridized carbons (Fsp3) is 0.435. The SMILES string of the molecule is COC(=O)C1=C(CN2C3CC[C@H]2CC(O)C3)NC(c2nccs2)=NC1c1ccc(F)cc1Cl. The number of aliphatic hydroxyl groups is 1. The number of hydrogen-bond donors (Lipinski definition) is 2. The fourth-order valence-electron chi connectivity index (χ4n) is 5.15. The first-order valence-electron chi connectivity index (χ1n) is 10.9. The summed E-state index contributed by atoms with van der Waals surface area (Å²) in [5.41, 5.74) is 1.53. The Morgan fingerprint density at radius 1 is 1.36 bits per heavy atom. The van der Waals surface area contributed by atoms with Gasteiger partial charge in [-0.1, -0.05) is 17.7 Å². The second-order valence-electron chi connectivity index (χ2n) is 8.57. The molecule has 2 fully saturated rings. The lowest BCUT2D eigenvalue weighted by molar-refractivity contribution is -0.136. The molecule has 0 aliphatic carbocycles. The number of aliphatic hydroxyl groups excluding tert-OH is 1. The zero-order chi connectivity index (χ0) is 23.1. The predicted octanol–water partition coefficient (Wildman–Crippen LogP) is 3.44. The van der Waals surface area contributed by atoms with Crippen molar-refractivity contribution in [3.8, 4) is 0 Å². The van der Waals surface area contributed by atoms with E-state index >= 15 is 0 Å². The summed E-state index contributed by atoms with van der Waals surface area (Å²) in [4.78, 5) is 24.5. The highest BCUT2D eigenvalue weighted by Gasteiger charge is 2.42. The van der Waals surface area contributed by atoms with Crippen LogP contribution in [0.3, 0.4) is 0 Å². The number of methoxy groups -OCH3 is 1. The number of esters is 1. The van der Waals surface area contributed by atoms with Crippen molar-refractivity contribution >= 4 is 34.7 Å². The molecule has 4 heterocycles. The van der Waals surface area contributed by atoms with Gasteiger partial charge in [-0.3, -0.25) is 9.89 Å². The molecule has 2 aromatic rings. The maximum Gasteiger partial charge on any atom is 0.338 e. The lowest BCUT2D eigenvalue weighted by Crippen LogP contribution is -2.48. The summed E-state index contributed by atoms with van der Waals surface area (Å²) in [7, 11) is 1.33. The Morgan fingerprint density at radius 2 is 2.12 bits per heavy atom. The van der Waals surface area contributed by atoms with Gasteiger partial charge in [0.1, 0.15) is 11.9 Å². The van der Waals surface area contributed by atoms with E-state index in [1.807, 2.05) is 5.38 Å². The normalized spacial score (nSPS) is 27.3. The number of amidine groups is 1. The highest BCUT2D eigenvalue weighted by Crippen LogP contribution is 2.40. The molecule has 0 amide bonds. The second kappa shape index (κ2) is 9.13. The highest BCUT2D eigenvalue weighted by atomic mass is 35.5. The smallest absolute Gasteiger partial charge is 0.338 e. The van der Waals surface area contributed by atoms with Gasteiger partial charge in [-0.25, -0.2) is 14.2 Å². The molecule has 3 unspecified atom stereocenters. The minimum Gasteiger partial charge on any atom is -0.466 e. The van der Waals surface area contributed by atoms with Crippen LogP contribution in [0.5, 0.6) is 0 Å². The Bertz CT molecular complexity index is 1110. The molecule has 5 rings (SSSR count). The van der Waals surface area contributed by atoms with Gasteiger partial charge in [-0.15, -0.1) is 11.3 Å². The van der Waals surface area contributed by atoms with Gasteiger partial charge in [-0.05, 0) is 37.8 Å². The number of nitrogens with one attached hydrogen (secondary N) is 1. The van der Waals surface area contributed by atoms with Gasteiger partial charge in [0, 0.05) is 46.5 Å². The van der Waals surface area contributed by atoms with Crippen LogP contribution in [0.15, 0.2) is 46.0 Å². The van der Waals surface area contributed by atoms with Crippen molar-refractivity contribution in [2.75, 3.05) is 13.7 Å². The van der Waals surface area contributed by atoms with Crippen LogP contribution in [0.1, 0.15) is 42.3 Å². The van der Waals surface area contributed by atoms with E-state index in [9.17, 15) is 14.3 Å². The van der Waals surface area contributed by atoms with Crippen molar-refractivity contribution < 1.29 is 19.0 Å². The van der Waals surface area contributed by atoms with Crippen molar-refractivity contribution in [3.05, 3.63) is 62.5 Å². The van der Waals surface area contributed by atoms with Crippen LogP contribution in [0.2, 0.25) is 5.02 Å². The van der Waals surface area contributed by atoms with E-state index in [2.05, 4.69) is 15.2 Å². The van der Waals surface area contributed by atoms with Gasteiger partial charge in [0.2, 0.25) is 0 Å². The fourth-order valence-corrected chi connectivity index (χ4v) is 6.01. The summed E-state index contributed by atoms with van der Waals surface area (Å²) < 4.78 is 18.9. The molecular formula is C23H24ClFN4O3S.